The smallest absolute Gasteiger partial charge is 0.322 e. The minimum atomic E-state index is -0.895. The zero-order valence-electron chi connectivity index (χ0n) is 12.5. The molecule has 6 N–H and O–H groups in total. The van der Waals surface area contributed by atoms with Crippen LogP contribution in [0.4, 0.5) is 0 Å². The first-order valence-electron chi connectivity index (χ1n) is 7.08. The van der Waals surface area contributed by atoms with Crippen LogP contribution in [0.3, 0.4) is 0 Å². The van der Waals surface area contributed by atoms with Crippen LogP contribution in [0, 0.1) is 0 Å². The maximum absolute atomic E-state index is 11.1. The number of hydrogen-bond donors (Lipinski definition) is 5. The third-order valence-corrected chi connectivity index (χ3v) is 3.10. The molecule has 8 heteroatoms. The summed E-state index contributed by atoms with van der Waals surface area (Å²) in [5, 5.41) is 36.6. The highest BCUT2D eigenvalue weighted by Crippen LogP contribution is 2.04. The molecule has 0 radical (unpaired) electrons. The van der Waals surface area contributed by atoms with Gasteiger partial charge in [0.05, 0.1) is 32.5 Å². The molecule has 0 aliphatic rings. The summed E-state index contributed by atoms with van der Waals surface area (Å²) in [5.74, 6) is -0.446. The van der Waals surface area contributed by atoms with Crippen molar-refractivity contribution < 1.29 is 30.0 Å². The standard InChI is InChI=1S/C13H28N2O6/c1-21-13(20)12(14)4-2-3-5-15(6-10(18)8-16)7-11(19)9-17/h10-12,16-19H,2-9,14H2,1H3. The molecular formula is C13H28N2O6. The van der Waals surface area contributed by atoms with Gasteiger partial charge in [0, 0.05) is 13.1 Å². The molecular weight excluding hydrogens is 280 g/mol. The van der Waals surface area contributed by atoms with Crippen molar-refractivity contribution in [2.24, 2.45) is 5.73 Å². The number of nitrogens with zero attached hydrogens (tertiary/aromatic N) is 1. The molecule has 0 rings (SSSR count). The maximum Gasteiger partial charge on any atom is 0.322 e. The van der Waals surface area contributed by atoms with Crippen LogP contribution in [0.5, 0.6) is 0 Å². The highest BCUT2D eigenvalue weighted by molar-refractivity contribution is 5.75. The molecule has 126 valence electrons. The van der Waals surface area contributed by atoms with E-state index in [-0.39, 0.29) is 26.3 Å². The van der Waals surface area contributed by atoms with Gasteiger partial charge in [-0.05, 0) is 19.4 Å². The quantitative estimate of drug-likeness (QED) is 0.200. The van der Waals surface area contributed by atoms with E-state index in [0.717, 1.165) is 0 Å². The fourth-order valence-corrected chi connectivity index (χ4v) is 1.94. The van der Waals surface area contributed by atoms with E-state index in [1.54, 1.807) is 4.90 Å². The summed E-state index contributed by atoms with van der Waals surface area (Å²) in [6.07, 6.45) is 0.102. The zero-order valence-corrected chi connectivity index (χ0v) is 12.5. The van der Waals surface area contributed by atoms with Gasteiger partial charge in [-0.1, -0.05) is 6.42 Å². The van der Waals surface area contributed by atoms with Crippen LogP contribution < -0.4 is 5.73 Å². The number of aliphatic hydroxyl groups is 4. The van der Waals surface area contributed by atoms with Gasteiger partial charge in [0.2, 0.25) is 0 Å². The summed E-state index contributed by atoms with van der Waals surface area (Å²) in [5.41, 5.74) is 5.61. The predicted octanol–water partition coefficient (Wildman–Crippen LogP) is -2.33. The number of carbonyl (C=O) groups excluding carboxylic acids is 1. The molecule has 0 aliphatic carbocycles. The predicted molar refractivity (Wildman–Crippen MR) is 76.5 cm³/mol. The summed E-state index contributed by atoms with van der Waals surface area (Å²) in [7, 11) is 1.29. The molecule has 0 saturated carbocycles. The summed E-state index contributed by atoms with van der Waals surface area (Å²) in [6, 6.07) is -0.644. The van der Waals surface area contributed by atoms with Crippen molar-refractivity contribution in [2.75, 3.05) is 40.0 Å². The fraction of sp³-hybridized carbons (Fsp3) is 0.923. The molecule has 0 saturated heterocycles. The van der Waals surface area contributed by atoms with Gasteiger partial charge < -0.3 is 30.9 Å². The number of nitrogens with two attached hydrogens (primary N) is 1. The third-order valence-electron chi connectivity index (χ3n) is 3.10. The Morgan fingerprint density at radius 1 is 1.14 bits per heavy atom. The average Bonchev–Trinajstić information content (AvgIpc) is 2.49. The highest BCUT2D eigenvalue weighted by Gasteiger charge is 2.16. The lowest BCUT2D eigenvalue weighted by atomic mass is 10.1. The third kappa shape index (κ3) is 9.72. The van der Waals surface area contributed by atoms with Crippen molar-refractivity contribution in [3.8, 4) is 0 Å². The van der Waals surface area contributed by atoms with E-state index >= 15 is 0 Å². The number of unbranched alkanes of at least 4 members (excludes halogenated alkanes) is 1. The summed E-state index contributed by atoms with van der Waals surface area (Å²) < 4.78 is 4.53. The minimum absolute atomic E-state index is 0.205. The minimum Gasteiger partial charge on any atom is -0.468 e. The second-order valence-electron chi connectivity index (χ2n) is 5.06. The van der Waals surface area contributed by atoms with E-state index < -0.39 is 24.2 Å². The molecule has 0 fully saturated rings. The Bertz CT molecular complexity index is 267. The zero-order chi connectivity index (χ0) is 16.3. The van der Waals surface area contributed by atoms with Crippen LogP contribution >= 0.6 is 0 Å². The van der Waals surface area contributed by atoms with Gasteiger partial charge in [0.15, 0.2) is 0 Å². The Morgan fingerprint density at radius 3 is 2.10 bits per heavy atom. The molecule has 0 aromatic carbocycles. The first kappa shape index (κ1) is 20.2. The van der Waals surface area contributed by atoms with Crippen LogP contribution in [-0.2, 0) is 9.53 Å². The van der Waals surface area contributed by atoms with Gasteiger partial charge in [0.1, 0.15) is 6.04 Å². The van der Waals surface area contributed by atoms with E-state index in [1.165, 1.54) is 7.11 Å². The Balaban J connectivity index is 4.07. The lowest BCUT2D eigenvalue weighted by Crippen LogP contribution is -2.41. The average molecular weight is 308 g/mol. The Morgan fingerprint density at radius 2 is 1.67 bits per heavy atom. The van der Waals surface area contributed by atoms with Crippen molar-refractivity contribution >= 4 is 5.97 Å². The number of esters is 1. The van der Waals surface area contributed by atoms with Crippen LogP contribution in [0.25, 0.3) is 0 Å². The van der Waals surface area contributed by atoms with Gasteiger partial charge >= 0.3 is 5.97 Å². The molecule has 0 aromatic heterocycles. The molecule has 0 amide bonds. The van der Waals surface area contributed by atoms with Crippen molar-refractivity contribution in [3.05, 3.63) is 0 Å². The van der Waals surface area contributed by atoms with E-state index in [2.05, 4.69) is 4.74 Å². The Kier molecular flexibility index (Phi) is 11.4. The van der Waals surface area contributed by atoms with Crippen molar-refractivity contribution in [3.63, 3.8) is 0 Å². The molecule has 3 unspecified atom stereocenters. The normalized spacial score (nSPS) is 15.8. The number of hydrogen-bond acceptors (Lipinski definition) is 8. The first-order chi connectivity index (χ1) is 9.94. The number of carbonyl (C=O) groups is 1. The second kappa shape index (κ2) is 11.8. The van der Waals surface area contributed by atoms with Gasteiger partial charge in [-0.15, -0.1) is 0 Å². The molecule has 0 bridgehead atoms. The van der Waals surface area contributed by atoms with Crippen LogP contribution in [-0.4, -0.2) is 89.5 Å². The Labute approximate surface area is 125 Å². The molecule has 21 heavy (non-hydrogen) atoms. The van der Waals surface area contributed by atoms with Gasteiger partial charge in [-0.3, -0.25) is 9.69 Å². The SMILES string of the molecule is COC(=O)C(N)CCCCN(CC(O)CO)CC(O)CO. The highest BCUT2D eigenvalue weighted by atomic mass is 16.5. The number of ether oxygens (including phenoxy) is 1. The van der Waals surface area contributed by atoms with Crippen molar-refractivity contribution in [1.82, 2.24) is 4.90 Å². The molecule has 0 aromatic rings. The van der Waals surface area contributed by atoms with Gasteiger partial charge in [-0.2, -0.15) is 0 Å². The van der Waals surface area contributed by atoms with E-state index in [1.807, 2.05) is 0 Å². The summed E-state index contributed by atoms with van der Waals surface area (Å²) in [6.45, 7) is 0.243. The number of methoxy groups -OCH3 is 1. The van der Waals surface area contributed by atoms with Crippen molar-refractivity contribution in [2.45, 2.75) is 37.5 Å². The van der Waals surface area contributed by atoms with Crippen molar-refractivity contribution in [1.29, 1.82) is 0 Å². The van der Waals surface area contributed by atoms with E-state index in [9.17, 15) is 15.0 Å². The lowest BCUT2D eigenvalue weighted by molar-refractivity contribution is -0.142. The van der Waals surface area contributed by atoms with Crippen LogP contribution in [0.2, 0.25) is 0 Å². The summed E-state index contributed by atoms with van der Waals surface area (Å²) in [4.78, 5) is 12.9. The topological polar surface area (TPSA) is 136 Å². The van der Waals surface area contributed by atoms with Gasteiger partial charge in [-0.25, -0.2) is 0 Å². The van der Waals surface area contributed by atoms with Crippen LogP contribution in [0.15, 0.2) is 0 Å². The molecule has 0 heterocycles. The monoisotopic (exact) mass is 308 g/mol. The number of aliphatic hydroxyl groups excluding tert-OH is 4. The molecule has 0 aliphatic heterocycles. The molecule has 0 spiro atoms. The number of rotatable bonds is 12. The molecule has 3 atom stereocenters. The van der Waals surface area contributed by atoms with Gasteiger partial charge in [0.25, 0.3) is 0 Å². The lowest BCUT2D eigenvalue weighted by Gasteiger charge is -2.26. The van der Waals surface area contributed by atoms with E-state index in [4.69, 9.17) is 15.9 Å². The van der Waals surface area contributed by atoms with E-state index in [0.29, 0.717) is 25.8 Å². The first-order valence-corrected chi connectivity index (χ1v) is 7.08. The van der Waals surface area contributed by atoms with Crippen LogP contribution in [0.1, 0.15) is 19.3 Å². The fourth-order valence-electron chi connectivity index (χ4n) is 1.94. The summed E-state index contributed by atoms with van der Waals surface area (Å²) >= 11 is 0. The second-order valence-corrected chi connectivity index (χ2v) is 5.06. The largest absolute Gasteiger partial charge is 0.468 e. The maximum atomic E-state index is 11.1. The Hall–Kier alpha value is -0.770. The molecule has 8 nitrogen and oxygen atoms in total.